The highest BCUT2D eigenvalue weighted by Crippen LogP contribution is 2.39. The Hall–Kier alpha value is -1.07. The molecule has 96 valence electrons. The van der Waals surface area contributed by atoms with E-state index in [-0.39, 0.29) is 6.04 Å². The predicted octanol–water partition coefficient (Wildman–Crippen LogP) is 2.52. The van der Waals surface area contributed by atoms with Gasteiger partial charge in [-0.25, -0.2) is 9.97 Å². The van der Waals surface area contributed by atoms with E-state index in [1.54, 1.807) is 0 Å². The summed E-state index contributed by atoms with van der Waals surface area (Å²) in [6.45, 7) is 0. The van der Waals surface area contributed by atoms with E-state index in [0.717, 1.165) is 29.2 Å². The van der Waals surface area contributed by atoms with E-state index < -0.39 is 0 Å². The average molecular weight is 262 g/mol. The molecule has 0 aromatic carbocycles. The van der Waals surface area contributed by atoms with E-state index in [4.69, 9.17) is 10.7 Å². The van der Waals surface area contributed by atoms with E-state index in [1.165, 1.54) is 12.8 Å². The van der Waals surface area contributed by atoms with Crippen molar-refractivity contribution in [3.63, 3.8) is 0 Å². The van der Waals surface area contributed by atoms with Crippen LogP contribution in [0.25, 0.3) is 11.2 Å². The van der Waals surface area contributed by atoms with E-state index >= 15 is 0 Å². The number of imidazole rings is 1. The van der Waals surface area contributed by atoms with Crippen LogP contribution in [0.1, 0.15) is 37.2 Å². The van der Waals surface area contributed by atoms with E-state index in [2.05, 4.69) is 15.8 Å². The molecule has 1 atom stereocenters. The van der Waals surface area contributed by atoms with Gasteiger partial charge in [-0.05, 0) is 43.4 Å². The molecule has 1 saturated carbocycles. The van der Waals surface area contributed by atoms with Crippen molar-refractivity contribution < 1.29 is 0 Å². The monoisotopic (exact) mass is 262 g/mol. The minimum absolute atomic E-state index is 0.0206. The van der Waals surface area contributed by atoms with Gasteiger partial charge in [-0.15, -0.1) is 0 Å². The lowest BCUT2D eigenvalue weighted by Gasteiger charge is -2.13. The fraction of sp³-hybridized carbons (Fsp3) is 0.538. The van der Waals surface area contributed by atoms with Crippen LogP contribution in [0.15, 0.2) is 18.3 Å². The molecule has 1 fully saturated rings. The molecule has 2 N–H and O–H groups in total. The van der Waals surface area contributed by atoms with Crippen molar-refractivity contribution in [3.05, 3.63) is 24.2 Å². The van der Waals surface area contributed by atoms with Crippen LogP contribution in [-0.4, -0.2) is 26.5 Å². The molecule has 2 aromatic rings. The van der Waals surface area contributed by atoms with Crippen molar-refractivity contribution in [2.24, 2.45) is 5.73 Å². The minimum atomic E-state index is 0.0206. The van der Waals surface area contributed by atoms with Gasteiger partial charge < -0.3 is 10.3 Å². The number of hydrogen-bond donors (Lipinski definition) is 1. The second-order valence-corrected chi connectivity index (χ2v) is 5.79. The Morgan fingerprint density at radius 3 is 3.11 bits per heavy atom. The van der Waals surface area contributed by atoms with Gasteiger partial charge in [-0.3, -0.25) is 0 Å². The van der Waals surface area contributed by atoms with Crippen LogP contribution in [0.4, 0.5) is 0 Å². The fourth-order valence-electron chi connectivity index (χ4n) is 2.28. The second-order valence-electron chi connectivity index (χ2n) is 4.81. The SMILES string of the molecule is CSCCC(N)c1nc2cccnc2n1C1CC1. The minimum Gasteiger partial charge on any atom is -0.321 e. The lowest BCUT2D eigenvalue weighted by Crippen LogP contribution is -2.17. The summed E-state index contributed by atoms with van der Waals surface area (Å²) in [6.07, 6.45) is 7.37. The molecule has 0 radical (unpaired) electrons. The van der Waals surface area contributed by atoms with E-state index in [1.807, 2.05) is 30.1 Å². The molecule has 1 unspecified atom stereocenters. The maximum atomic E-state index is 6.29. The molecule has 0 saturated heterocycles. The predicted molar refractivity (Wildman–Crippen MR) is 75.7 cm³/mol. The molecule has 0 bridgehead atoms. The molecular formula is C13H18N4S. The lowest BCUT2D eigenvalue weighted by atomic mass is 10.2. The summed E-state index contributed by atoms with van der Waals surface area (Å²) >= 11 is 1.83. The molecule has 2 heterocycles. The highest BCUT2D eigenvalue weighted by Gasteiger charge is 2.30. The van der Waals surface area contributed by atoms with Gasteiger partial charge in [0.1, 0.15) is 11.3 Å². The number of nitrogens with two attached hydrogens (primary N) is 1. The van der Waals surface area contributed by atoms with Gasteiger partial charge in [-0.1, -0.05) is 0 Å². The highest BCUT2D eigenvalue weighted by atomic mass is 32.2. The number of nitrogens with zero attached hydrogens (tertiary/aromatic N) is 3. The number of rotatable bonds is 5. The van der Waals surface area contributed by atoms with Crippen LogP contribution in [0.2, 0.25) is 0 Å². The molecular weight excluding hydrogens is 244 g/mol. The summed E-state index contributed by atoms with van der Waals surface area (Å²) in [5.41, 5.74) is 8.25. The maximum absolute atomic E-state index is 6.29. The molecule has 0 amide bonds. The van der Waals surface area contributed by atoms with Gasteiger partial charge in [0.15, 0.2) is 5.65 Å². The summed E-state index contributed by atoms with van der Waals surface area (Å²) in [5, 5.41) is 0. The Bertz CT molecular complexity index is 547. The average Bonchev–Trinajstić information content (AvgIpc) is 3.15. The third-order valence-electron chi connectivity index (χ3n) is 3.35. The standard InChI is InChI=1S/C13H18N4S/c1-18-8-6-10(14)12-16-11-3-2-7-15-13(11)17(12)9-4-5-9/h2-3,7,9-10H,4-6,8,14H2,1H3. The van der Waals surface area contributed by atoms with E-state index in [9.17, 15) is 0 Å². The van der Waals surface area contributed by atoms with E-state index in [0.29, 0.717) is 6.04 Å². The number of fused-ring (bicyclic) bond motifs is 1. The van der Waals surface area contributed by atoms with Crippen LogP contribution in [0, 0.1) is 0 Å². The molecule has 3 rings (SSSR count). The number of thioether (sulfide) groups is 1. The number of pyridine rings is 1. The third-order valence-corrected chi connectivity index (χ3v) is 4.00. The van der Waals surface area contributed by atoms with Gasteiger partial charge in [-0.2, -0.15) is 11.8 Å². The summed E-state index contributed by atoms with van der Waals surface area (Å²) in [4.78, 5) is 9.16. The molecule has 0 spiro atoms. The number of hydrogen-bond acceptors (Lipinski definition) is 4. The second kappa shape index (κ2) is 4.90. The third kappa shape index (κ3) is 2.12. The van der Waals surface area contributed by atoms with Gasteiger partial charge in [0, 0.05) is 12.2 Å². The Kier molecular flexibility index (Phi) is 3.26. The van der Waals surface area contributed by atoms with Gasteiger partial charge in [0.2, 0.25) is 0 Å². The largest absolute Gasteiger partial charge is 0.321 e. The lowest BCUT2D eigenvalue weighted by molar-refractivity contribution is 0.592. The van der Waals surface area contributed by atoms with Crippen molar-refractivity contribution in [2.45, 2.75) is 31.3 Å². The quantitative estimate of drug-likeness (QED) is 0.899. The normalized spacial score (nSPS) is 17.2. The molecule has 1 aliphatic carbocycles. The number of aromatic nitrogens is 3. The van der Waals surface area contributed by atoms with Crippen LogP contribution < -0.4 is 5.73 Å². The summed E-state index contributed by atoms with van der Waals surface area (Å²) in [7, 11) is 0. The molecule has 5 heteroatoms. The van der Waals surface area contributed by atoms with Gasteiger partial charge in [0.05, 0.1) is 6.04 Å². The summed E-state index contributed by atoms with van der Waals surface area (Å²) in [6, 6.07) is 4.54. The Morgan fingerprint density at radius 2 is 2.39 bits per heavy atom. The zero-order valence-electron chi connectivity index (χ0n) is 10.5. The van der Waals surface area contributed by atoms with Crippen molar-refractivity contribution in [1.29, 1.82) is 0 Å². The van der Waals surface area contributed by atoms with Crippen molar-refractivity contribution in [1.82, 2.24) is 14.5 Å². The van der Waals surface area contributed by atoms with Crippen LogP contribution in [0.3, 0.4) is 0 Å². The van der Waals surface area contributed by atoms with Crippen molar-refractivity contribution in [2.75, 3.05) is 12.0 Å². The molecule has 0 aliphatic heterocycles. The van der Waals surface area contributed by atoms with Gasteiger partial charge >= 0.3 is 0 Å². The molecule has 18 heavy (non-hydrogen) atoms. The van der Waals surface area contributed by atoms with Crippen molar-refractivity contribution in [3.8, 4) is 0 Å². The zero-order chi connectivity index (χ0) is 12.5. The highest BCUT2D eigenvalue weighted by molar-refractivity contribution is 7.98. The first-order valence-electron chi connectivity index (χ1n) is 6.38. The fourth-order valence-corrected chi connectivity index (χ4v) is 2.76. The van der Waals surface area contributed by atoms with Crippen LogP contribution >= 0.6 is 11.8 Å². The Labute approximate surface area is 111 Å². The first-order valence-corrected chi connectivity index (χ1v) is 7.78. The smallest absolute Gasteiger partial charge is 0.160 e. The van der Waals surface area contributed by atoms with Crippen LogP contribution in [-0.2, 0) is 0 Å². The molecule has 1 aliphatic rings. The van der Waals surface area contributed by atoms with Gasteiger partial charge in [0.25, 0.3) is 0 Å². The Morgan fingerprint density at radius 1 is 1.56 bits per heavy atom. The zero-order valence-corrected chi connectivity index (χ0v) is 11.4. The maximum Gasteiger partial charge on any atom is 0.160 e. The topological polar surface area (TPSA) is 56.7 Å². The molecule has 4 nitrogen and oxygen atoms in total. The first-order chi connectivity index (χ1) is 8.81. The van der Waals surface area contributed by atoms with Crippen LogP contribution in [0.5, 0.6) is 0 Å². The summed E-state index contributed by atoms with van der Waals surface area (Å²) < 4.78 is 2.26. The van der Waals surface area contributed by atoms with Crippen molar-refractivity contribution >= 4 is 22.9 Å². The molecule has 2 aromatic heterocycles. The summed E-state index contributed by atoms with van der Waals surface area (Å²) in [5.74, 6) is 2.09. The Balaban J connectivity index is 2.01. The first kappa shape index (κ1) is 12.0.